The molecule has 7 nitrogen and oxygen atoms in total. The zero-order chi connectivity index (χ0) is 25.7. The summed E-state index contributed by atoms with van der Waals surface area (Å²) >= 11 is 0. The highest BCUT2D eigenvalue weighted by molar-refractivity contribution is 6.01. The average Bonchev–Trinajstić information content (AvgIpc) is 2.96. The Balaban J connectivity index is 1.35. The van der Waals surface area contributed by atoms with Crippen LogP contribution in [0.1, 0.15) is 23.1 Å². The number of oxime groups is 1. The van der Waals surface area contributed by atoms with Gasteiger partial charge in [0.2, 0.25) is 0 Å². The smallest absolute Gasteiger partial charge is 0.258 e. The first-order valence-electron chi connectivity index (χ1n) is 12.3. The Morgan fingerprint density at radius 2 is 1.70 bits per heavy atom. The van der Waals surface area contributed by atoms with Crippen molar-refractivity contribution in [2.75, 3.05) is 33.5 Å². The van der Waals surface area contributed by atoms with Gasteiger partial charge >= 0.3 is 0 Å². The van der Waals surface area contributed by atoms with Crippen molar-refractivity contribution in [3.63, 3.8) is 0 Å². The van der Waals surface area contributed by atoms with Gasteiger partial charge in [0.15, 0.2) is 6.61 Å². The van der Waals surface area contributed by atoms with Crippen molar-refractivity contribution in [2.24, 2.45) is 5.16 Å². The van der Waals surface area contributed by atoms with Gasteiger partial charge < -0.3 is 24.4 Å². The fourth-order valence-corrected chi connectivity index (χ4v) is 3.76. The van der Waals surface area contributed by atoms with Gasteiger partial charge in [0, 0.05) is 13.0 Å². The van der Waals surface area contributed by atoms with Crippen molar-refractivity contribution in [2.45, 2.75) is 19.4 Å². The zero-order valence-electron chi connectivity index (χ0n) is 21.0. The molecule has 0 radical (unpaired) electrons. The highest BCUT2D eigenvalue weighted by Gasteiger charge is 2.10. The minimum atomic E-state index is -0.158. The van der Waals surface area contributed by atoms with Gasteiger partial charge in [-0.25, -0.2) is 0 Å². The molecule has 0 saturated carbocycles. The number of hydrogen-bond acceptors (Lipinski definition) is 6. The van der Waals surface area contributed by atoms with Gasteiger partial charge in [-0.3, -0.25) is 4.79 Å². The molecule has 0 spiro atoms. The molecule has 0 atom stereocenters. The van der Waals surface area contributed by atoms with Crippen molar-refractivity contribution in [3.05, 3.63) is 107 Å². The zero-order valence-corrected chi connectivity index (χ0v) is 21.0. The summed E-state index contributed by atoms with van der Waals surface area (Å²) in [6.45, 7) is 2.14. The lowest BCUT2D eigenvalue weighted by Gasteiger charge is -2.14. The minimum absolute atomic E-state index is 0.0426. The van der Waals surface area contributed by atoms with E-state index < -0.39 is 0 Å². The second-order valence-corrected chi connectivity index (χ2v) is 8.60. The minimum Gasteiger partial charge on any atom is -0.497 e. The van der Waals surface area contributed by atoms with Crippen LogP contribution in [0.4, 0.5) is 0 Å². The first-order valence-corrected chi connectivity index (χ1v) is 12.3. The SMILES string of the molecule is COc1ccc(CO/N=C(\Cc2ccccc2)c2ccc(OCC(=O)NCC3=CCOCC3)cc2)cc1. The normalized spacial score (nSPS) is 13.4. The van der Waals surface area contributed by atoms with E-state index in [0.29, 0.717) is 38.5 Å². The predicted octanol–water partition coefficient (Wildman–Crippen LogP) is 4.70. The third-order valence-corrected chi connectivity index (χ3v) is 5.91. The van der Waals surface area contributed by atoms with E-state index in [0.717, 1.165) is 34.6 Å². The molecule has 0 unspecified atom stereocenters. The Morgan fingerprint density at radius 1 is 0.946 bits per heavy atom. The molecule has 4 rings (SSSR count). The van der Waals surface area contributed by atoms with Crippen LogP contribution < -0.4 is 14.8 Å². The summed E-state index contributed by atoms with van der Waals surface area (Å²) in [5.41, 5.74) is 5.03. The van der Waals surface area contributed by atoms with Crippen LogP contribution in [0.2, 0.25) is 0 Å². The second kappa shape index (κ2) is 13.8. The summed E-state index contributed by atoms with van der Waals surface area (Å²) in [5.74, 6) is 1.26. The molecule has 7 heteroatoms. The van der Waals surface area contributed by atoms with Gasteiger partial charge in [-0.15, -0.1) is 0 Å². The van der Waals surface area contributed by atoms with Crippen molar-refractivity contribution in [1.82, 2.24) is 5.32 Å². The molecule has 1 heterocycles. The Hall–Kier alpha value is -4.10. The van der Waals surface area contributed by atoms with Crippen LogP contribution in [0.3, 0.4) is 0 Å². The first-order chi connectivity index (χ1) is 18.2. The lowest BCUT2D eigenvalue weighted by atomic mass is 10.0. The number of carbonyl (C=O) groups excluding carboxylic acids is 1. The van der Waals surface area contributed by atoms with Crippen LogP contribution in [-0.2, 0) is 27.4 Å². The largest absolute Gasteiger partial charge is 0.497 e. The third kappa shape index (κ3) is 8.51. The molecule has 3 aromatic rings. The Labute approximate surface area is 217 Å². The quantitative estimate of drug-likeness (QED) is 0.222. The van der Waals surface area contributed by atoms with E-state index in [4.69, 9.17) is 19.0 Å². The monoisotopic (exact) mass is 500 g/mol. The number of methoxy groups -OCH3 is 1. The highest BCUT2D eigenvalue weighted by atomic mass is 16.6. The molecule has 1 aliphatic rings. The summed E-state index contributed by atoms with van der Waals surface area (Å²) in [5, 5.41) is 7.36. The molecule has 0 fully saturated rings. The Morgan fingerprint density at radius 3 is 2.41 bits per heavy atom. The molecule has 0 aliphatic carbocycles. The topological polar surface area (TPSA) is 78.4 Å². The number of hydrogen-bond donors (Lipinski definition) is 1. The number of carbonyl (C=O) groups is 1. The summed E-state index contributed by atoms with van der Waals surface area (Å²) in [7, 11) is 1.64. The molecule has 1 amide bonds. The molecule has 0 saturated heterocycles. The molecule has 1 N–H and O–H groups in total. The van der Waals surface area contributed by atoms with Crippen LogP contribution in [0.25, 0.3) is 0 Å². The number of nitrogens with one attached hydrogen (secondary N) is 1. The van der Waals surface area contributed by atoms with Crippen LogP contribution in [-0.4, -0.2) is 45.1 Å². The number of nitrogens with zero attached hydrogens (tertiary/aromatic N) is 1. The Kier molecular flexibility index (Phi) is 9.72. The molecular formula is C30H32N2O5. The lowest BCUT2D eigenvalue weighted by molar-refractivity contribution is -0.122. The van der Waals surface area contributed by atoms with E-state index in [9.17, 15) is 4.79 Å². The molecule has 0 bridgehead atoms. The second-order valence-electron chi connectivity index (χ2n) is 8.60. The first kappa shape index (κ1) is 26.0. The lowest BCUT2D eigenvalue weighted by Crippen LogP contribution is -2.31. The van der Waals surface area contributed by atoms with Crippen LogP contribution >= 0.6 is 0 Å². The van der Waals surface area contributed by atoms with Gasteiger partial charge in [0.05, 0.1) is 26.0 Å². The van der Waals surface area contributed by atoms with Crippen molar-refractivity contribution >= 4 is 11.6 Å². The standard InChI is InChI=1S/C30H32N2O5/c1-34-27-11-7-25(8-12-27)21-37-32-29(19-23-5-3-2-4-6-23)26-9-13-28(14-10-26)36-22-30(33)31-20-24-15-17-35-18-16-24/h2-15H,16-22H2,1H3,(H,31,33)/b32-29+. The van der Waals surface area contributed by atoms with Gasteiger partial charge in [-0.1, -0.05) is 59.3 Å². The van der Waals surface area contributed by atoms with Crippen molar-refractivity contribution < 1.29 is 23.8 Å². The number of benzene rings is 3. The van der Waals surface area contributed by atoms with E-state index in [1.807, 2.05) is 72.8 Å². The van der Waals surface area contributed by atoms with Crippen LogP contribution in [0.5, 0.6) is 11.5 Å². The number of rotatable bonds is 12. The molecule has 3 aromatic carbocycles. The predicted molar refractivity (Wildman–Crippen MR) is 143 cm³/mol. The molecular weight excluding hydrogens is 468 g/mol. The molecule has 1 aliphatic heterocycles. The maximum absolute atomic E-state index is 12.2. The van der Waals surface area contributed by atoms with E-state index in [-0.39, 0.29) is 12.5 Å². The fraction of sp³-hybridized carbons (Fsp3) is 0.267. The van der Waals surface area contributed by atoms with E-state index >= 15 is 0 Å². The summed E-state index contributed by atoms with van der Waals surface area (Å²) in [6, 6.07) is 25.4. The van der Waals surface area contributed by atoms with E-state index in [2.05, 4.69) is 22.6 Å². The van der Waals surface area contributed by atoms with Gasteiger partial charge in [0.1, 0.15) is 18.1 Å². The fourth-order valence-electron chi connectivity index (χ4n) is 3.76. The van der Waals surface area contributed by atoms with Crippen LogP contribution in [0.15, 0.2) is 95.7 Å². The highest BCUT2D eigenvalue weighted by Crippen LogP contribution is 2.17. The van der Waals surface area contributed by atoms with Gasteiger partial charge in [0.25, 0.3) is 5.91 Å². The maximum atomic E-state index is 12.2. The molecule has 0 aromatic heterocycles. The van der Waals surface area contributed by atoms with Crippen LogP contribution in [0, 0.1) is 0 Å². The summed E-state index contributed by atoms with van der Waals surface area (Å²) in [6.07, 6.45) is 3.48. The summed E-state index contributed by atoms with van der Waals surface area (Å²) in [4.78, 5) is 17.9. The van der Waals surface area contributed by atoms with E-state index in [1.54, 1.807) is 7.11 Å². The van der Waals surface area contributed by atoms with E-state index in [1.165, 1.54) is 5.57 Å². The van der Waals surface area contributed by atoms with Gasteiger partial charge in [-0.2, -0.15) is 0 Å². The van der Waals surface area contributed by atoms with Crippen molar-refractivity contribution in [1.29, 1.82) is 0 Å². The maximum Gasteiger partial charge on any atom is 0.258 e. The van der Waals surface area contributed by atoms with Crippen molar-refractivity contribution in [3.8, 4) is 11.5 Å². The summed E-state index contributed by atoms with van der Waals surface area (Å²) < 4.78 is 16.2. The number of ether oxygens (including phenoxy) is 3. The third-order valence-electron chi connectivity index (χ3n) is 5.91. The molecule has 192 valence electrons. The Bertz CT molecular complexity index is 1190. The average molecular weight is 501 g/mol. The van der Waals surface area contributed by atoms with Gasteiger partial charge in [-0.05, 0) is 59.5 Å². The molecule has 37 heavy (non-hydrogen) atoms. The number of amides is 1.